The molecule has 0 heterocycles. The fourth-order valence-corrected chi connectivity index (χ4v) is 1.16. The Hall–Kier alpha value is -1.00. The summed E-state index contributed by atoms with van der Waals surface area (Å²) in [5.74, 6) is 0. The molecule has 0 fully saturated rings. The summed E-state index contributed by atoms with van der Waals surface area (Å²) >= 11 is 0. The summed E-state index contributed by atoms with van der Waals surface area (Å²) in [6, 6.07) is 5.70. The summed E-state index contributed by atoms with van der Waals surface area (Å²) in [5.41, 5.74) is 0.363. The van der Waals surface area contributed by atoms with Crippen molar-refractivity contribution in [2.75, 3.05) is 13.7 Å². The molecular weight excluding hydrogens is 190 g/mol. The Morgan fingerprint density at radius 3 is 2.57 bits per heavy atom. The van der Waals surface area contributed by atoms with E-state index in [1.807, 2.05) is 0 Å². The monoisotopic (exact) mass is 202 g/mol. The number of halogens is 2. The highest BCUT2D eigenvalue weighted by Crippen LogP contribution is 2.22. The van der Waals surface area contributed by atoms with Crippen molar-refractivity contribution in [3.05, 3.63) is 35.4 Å². The Balaban J connectivity index is 2.82. The van der Waals surface area contributed by atoms with Gasteiger partial charge in [0.15, 0.2) is 0 Å². The van der Waals surface area contributed by atoms with Crippen molar-refractivity contribution in [1.29, 1.82) is 0 Å². The minimum absolute atomic E-state index is 0.0855. The minimum atomic E-state index is -2.51. The van der Waals surface area contributed by atoms with Crippen molar-refractivity contribution >= 4 is 0 Å². The molecule has 1 unspecified atom stereocenters. The van der Waals surface area contributed by atoms with Crippen LogP contribution in [-0.4, -0.2) is 18.8 Å². The molecule has 0 spiro atoms. The molecule has 1 aromatic carbocycles. The molecule has 4 heteroatoms. The zero-order valence-corrected chi connectivity index (χ0v) is 7.78. The molecule has 0 radical (unpaired) electrons. The molecule has 0 saturated carbocycles. The van der Waals surface area contributed by atoms with Crippen LogP contribution in [0.1, 0.15) is 23.7 Å². The molecule has 0 aliphatic heterocycles. The van der Waals surface area contributed by atoms with Crippen molar-refractivity contribution in [3.8, 4) is 0 Å². The van der Waals surface area contributed by atoms with Crippen molar-refractivity contribution < 1.29 is 18.6 Å². The standard InChI is InChI=1S/C10H12F2O2/c1-14-6-9(13)7-3-2-4-8(5-7)10(11)12/h2-5,9-10,13H,6H2,1H3. The smallest absolute Gasteiger partial charge is 0.263 e. The topological polar surface area (TPSA) is 29.5 Å². The zero-order valence-electron chi connectivity index (χ0n) is 7.78. The Morgan fingerprint density at radius 1 is 1.36 bits per heavy atom. The Morgan fingerprint density at radius 2 is 2.00 bits per heavy atom. The zero-order chi connectivity index (χ0) is 10.6. The predicted molar refractivity (Wildman–Crippen MR) is 48.2 cm³/mol. The molecule has 78 valence electrons. The largest absolute Gasteiger partial charge is 0.386 e. The summed E-state index contributed by atoms with van der Waals surface area (Å²) in [4.78, 5) is 0. The normalized spacial score (nSPS) is 13.2. The average Bonchev–Trinajstić information content (AvgIpc) is 2.18. The van der Waals surface area contributed by atoms with Gasteiger partial charge in [-0.2, -0.15) is 0 Å². The molecule has 14 heavy (non-hydrogen) atoms. The fourth-order valence-electron chi connectivity index (χ4n) is 1.16. The van der Waals surface area contributed by atoms with Crippen molar-refractivity contribution in [1.82, 2.24) is 0 Å². The van der Waals surface area contributed by atoms with Gasteiger partial charge in [-0.15, -0.1) is 0 Å². The van der Waals surface area contributed by atoms with E-state index in [2.05, 4.69) is 0 Å². The second kappa shape index (κ2) is 5.02. The van der Waals surface area contributed by atoms with E-state index in [4.69, 9.17) is 4.74 Å². The molecule has 1 atom stereocenters. The van der Waals surface area contributed by atoms with Gasteiger partial charge < -0.3 is 9.84 Å². The summed E-state index contributed by atoms with van der Waals surface area (Å²) in [6.07, 6.45) is -3.36. The van der Waals surface area contributed by atoms with Crippen LogP contribution in [0.2, 0.25) is 0 Å². The van der Waals surface area contributed by atoms with Crippen molar-refractivity contribution in [3.63, 3.8) is 0 Å². The first-order chi connectivity index (χ1) is 6.65. The lowest BCUT2D eigenvalue weighted by Gasteiger charge is -2.10. The highest BCUT2D eigenvalue weighted by molar-refractivity contribution is 5.25. The summed E-state index contributed by atoms with van der Waals surface area (Å²) in [6.45, 7) is 0.104. The second-order valence-electron chi connectivity index (χ2n) is 2.94. The van der Waals surface area contributed by atoms with Crippen LogP contribution in [0.3, 0.4) is 0 Å². The Labute approximate surface area is 81.1 Å². The van der Waals surface area contributed by atoms with Crippen LogP contribution < -0.4 is 0 Å². The first-order valence-electron chi connectivity index (χ1n) is 4.20. The number of hydrogen-bond acceptors (Lipinski definition) is 2. The minimum Gasteiger partial charge on any atom is -0.386 e. The van der Waals surface area contributed by atoms with Gasteiger partial charge in [0, 0.05) is 12.7 Å². The SMILES string of the molecule is COCC(O)c1cccc(C(F)F)c1. The quantitative estimate of drug-likeness (QED) is 0.811. The van der Waals surface area contributed by atoms with Crippen LogP contribution in [0.5, 0.6) is 0 Å². The molecule has 0 aliphatic carbocycles. The number of rotatable bonds is 4. The van der Waals surface area contributed by atoms with E-state index in [0.717, 1.165) is 0 Å². The van der Waals surface area contributed by atoms with E-state index in [9.17, 15) is 13.9 Å². The molecule has 0 amide bonds. The van der Waals surface area contributed by atoms with Crippen LogP contribution in [0.25, 0.3) is 0 Å². The lowest BCUT2D eigenvalue weighted by Crippen LogP contribution is -2.05. The van der Waals surface area contributed by atoms with E-state index >= 15 is 0 Å². The summed E-state index contributed by atoms with van der Waals surface area (Å²) in [7, 11) is 1.44. The van der Waals surface area contributed by atoms with Gasteiger partial charge in [-0.25, -0.2) is 8.78 Å². The molecule has 0 aliphatic rings. The predicted octanol–water partition coefficient (Wildman–Crippen LogP) is 2.30. The van der Waals surface area contributed by atoms with Crippen molar-refractivity contribution in [2.45, 2.75) is 12.5 Å². The van der Waals surface area contributed by atoms with Gasteiger partial charge in [-0.05, 0) is 11.6 Å². The number of benzene rings is 1. The Kier molecular flexibility index (Phi) is 3.98. The third kappa shape index (κ3) is 2.75. The molecular formula is C10H12F2O2. The van der Waals surface area contributed by atoms with Gasteiger partial charge in [0.05, 0.1) is 6.61 Å². The van der Waals surface area contributed by atoms with Gasteiger partial charge >= 0.3 is 0 Å². The van der Waals surface area contributed by atoms with Crippen molar-refractivity contribution in [2.24, 2.45) is 0 Å². The fraction of sp³-hybridized carbons (Fsp3) is 0.400. The van der Waals surface area contributed by atoms with Gasteiger partial charge in [0.1, 0.15) is 6.10 Å². The number of hydrogen-bond donors (Lipinski definition) is 1. The van der Waals surface area contributed by atoms with Crippen LogP contribution in [0, 0.1) is 0 Å². The van der Waals surface area contributed by atoms with E-state index < -0.39 is 12.5 Å². The first kappa shape index (κ1) is 11.1. The summed E-state index contributed by atoms with van der Waals surface area (Å²) in [5, 5.41) is 9.46. The van der Waals surface area contributed by atoms with Crippen LogP contribution in [0.4, 0.5) is 8.78 Å². The number of aliphatic hydroxyl groups excluding tert-OH is 1. The molecule has 1 aromatic rings. The molecule has 0 saturated heterocycles. The van der Waals surface area contributed by atoms with E-state index in [-0.39, 0.29) is 12.2 Å². The maximum atomic E-state index is 12.3. The maximum Gasteiger partial charge on any atom is 0.263 e. The van der Waals surface area contributed by atoms with E-state index in [0.29, 0.717) is 5.56 Å². The number of methoxy groups -OCH3 is 1. The Bertz CT molecular complexity index is 289. The molecule has 1 N–H and O–H groups in total. The lowest BCUT2D eigenvalue weighted by molar-refractivity contribution is 0.0641. The highest BCUT2D eigenvalue weighted by Gasteiger charge is 2.11. The third-order valence-electron chi connectivity index (χ3n) is 1.87. The van der Waals surface area contributed by atoms with Gasteiger partial charge in [0.2, 0.25) is 0 Å². The molecule has 2 nitrogen and oxygen atoms in total. The average molecular weight is 202 g/mol. The molecule has 0 aromatic heterocycles. The van der Waals surface area contributed by atoms with Gasteiger partial charge in [0.25, 0.3) is 6.43 Å². The molecule has 1 rings (SSSR count). The van der Waals surface area contributed by atoms with Crippen LogP contribution in [0.15, 0.2) is 24.3 Å². The van der Waals surface area contributed by atoms with E-state index in [1.54, 1.807) is 6.07 Å². The number of alkyl halides is 2. The third-order valence-corrected chi connectivity index (χ3v) is 1.87. The van der Waals surface area contributed by atoms with Crippen LogP contribution in [-0.2, 0) is 4.74 Å². The number of aliphatic hydroxyl groups is 1. The summed E-state index contributed by atoms with van der Waals surface area (Å²) < 4.78 is 29.3. The number of ether oxygens (including phenoxy) is 1. The second-order valence-corrected chi connectivity index (χ2v) is 2.94. The van der Waals surface area contributed by atoms with Crippen LogP contribution >= 0.6 is 0 Å². The maximum absolute atomic E-state index is 12.3. The first-order valence-corrected chi connectivity index (χ1v) is 4.20. The van der Waals surface area contributed by atoms with E-state index in [1.165, 1.54) is 25.3 Å². The van der Waals surface area contributed by atoms with Gasteiger partial charge in [-0.3, -0.25) is 0 Å². The van der Waals surface area contributed by atoms with Gasteiger partial charge in [-0.1, -0.05) is 18.2 Å². The molecule has 0 bridgehead atoms. The highest BCUT2D eigenvalue weighted by atomic mass is 19.3. The lowest BCUT2D eigenvalue weighted by atomic mass is 10.1.